The van der Waals surface area contributed by atoms with Gasteiger partial charge in [-0.3, -0.25) is 4.79 Å². The van der Waals surface area contributed by atoms with E-state index in [1.165, 1.54) is 11.2 Å². The molecule has 0 aliphatic carbocycles. The minimum absolute atomic E-state index is 0.000333. The van der Waals surface area contributed by atoms with Crippen molar-refractivity contribution in [1.29, 1.82) is 10.5 Å². The van der Waals surface area contributed by atoms with Crippen LogP contribution in [0.3, 0.4) is 0 Å². The topological polar surface area (TPSA) is 132 Å². The highest BCUT2D eigenvalue weighted by Gasteiger charge is 2.29. The summed E-state index contributed by atoms with van der Waals surface area (Å²) in [4.78, 5) is 23.8. The molecule has 9 heteroatoms. The number of nitrogen functional groups attached to an aromatic ring is 1. The van der Waals surface area contributed by atoms with Gasteiger partial charge in [-0.05, 0) is 19.8 Å². The van der Waals surface area contributed by atoms with Crippen molar-refractivity contribution in [3.63, 3.8) is 0 Å². The third-order valence-electron chi connectivity index (χ3n) is 4.01. The van der Waals surface area contributed by atoms with Gasteiger partial charge in [-0.1, -0.05) is 0 Å². The van der Waals surface area contributed by atoms with E-state index in [0.29, 0.717) is 37.0 Å². The van der Waals surface area contributed by atoms with E-state index in [0.717, 1.165) is 12.8 Å². The molecule has 2 N–H and O–H groups in total. The molecule has 1 aliphatic rings. The van der Waals surface area contributed by atoms with Crippen LogP contribution in [-0.2, 0) is 9.53 Å². The number of anilines is 3. The Morgan fingerprint density at radius 1 is 1.44 bits per heavy atom. The van der Waals surface area contributed by atoms with E-state index in [4.69, 9.17) is 21.0 Å². The number of esters is 1. The van der Waals surface area contributed by atoms with Crippen molar-refractivity contribution in [1.82, 2.24) is 9.97 Å². The lowest BCUT2D eigenvalue weighted by atomic mass is 9.98. The molecule has 1 saturated heterocycles. The molecule has 0 saturated carbocycles. The zero-order valence-corrected chi connectivity index (χ0v) is 14.2. The summed E-state index contributed by atoms with van der Waals surface area (Å²) in [6, 6.07) is 3.99. The molecule has 1 unspecified atom stereocenters. The summed E-state index contributed by atoms with van der Waals surface area (Å²) < 4.78 is 5.11. The van der Waals surface area contributed by atoms with Gasteiger partial charge in [0.05, 0.1) is 24.7 Å². The van der Waals surface area contributed by atoms with Crippen LogP contribution in [0.15, 0.2) is 6.33 Å². The van der Waals surface area contributed by atoms with E-state index >= 15 is 0 Å². The van der Waals surface area contributed by atoms with E-state index in [9.17, 15) is 4.79 Å². The Morgan fingerprint density at radius 2 is 2.16 bits per heavy atom. The zero-order chi connectivity index (χ0) is 18.2. The van der Waals surface area contributed by atoms with Gasteiger partial charge in [0.2, 0.25) is 0 Å². The molecule has 1 fully saturated rings. The van der Waals surface area contributed by atoms with E-state index in [2.05, 4.69) is 9.97 Å². The van der Waals surface area contributed by atoms with Crippen molar-refractivity contribution in [3.8, 4) is 12.1 Å². The Labute approximate surface area is 146 Å². The van der Waals surface area contributed by atoms with Crippen molar-refractivity contribution >= 4 is 23.3 Å². The predicted octanol–water partition coefficient (Wildman–Crippen LogP) is 0.692. The van der Waals surface area contributed by atoms with E-state index in [-0.39, 0.29) is 25.0 Å². The molecule has 25 heavy (non-hydrogen) atoms. The molecule has 2 heterocycles. The third kappa shape index (κ3) is 4.27. The average Bonchev–Trinajstić information content (AvgIpc) is 2.62. The van der Waals surface area contributed by atoms with Crippen molar-refractivity contribution < 1.29 is 9.53 Å². The second kappa shape index (κ2) is 8.69. The first-order chi connectivity index (χ1) is 12.1. The number of carbonyl (C=O) groups is 1. The van der Waals surface area contributed by atoms with Crippen LogP contribution in [0.5, 0.6) is 0 Å². The second-order valence-corrected chi connectivity index (χ2v) is 5.64. The molecule has 0 aromatic carbocycles. The first-order valence-corrected chi connectivity index (χ1v) is 8.13. The van der Waals surface area contributed by atoms with Crippen molar-refractivity contribution in [2.45, 2.75) is 19.8 Å². The van der Waals surface area contributed by atoms with Crippen LogP contribution < -0.4 is 15.5 Å². The third-order valence-corrected chi connectivity index (χ3v) is 4.01. The molecule has 1 aromatic heterocycles. The zero-order valence-electron chi connectivity index (χ0n) is 14.2. The lowest BCUT2D eigenvalue weighted by Crippen LogP contribution is -2.40. The molecular weight excluding hydrogens is 322 g/mol. The number of aromatic nitrogens is 2. The Kier molecular flexibility index (Phi) is 6.35. The fourth-order valence-corrected chi connectivity index (χ4v) is 2.88. The average molecular weight is 343 g/mol. The number of piperidine rings is 1. The summed E-state index contributed by atoms with van der Waals surface area (Å²) in [6.07, 6.45) is 2.95. The predicted molar refractivity (Wildman–Crippen MR) is 91.5 cm³/mol. The lowest BCUT2D eigenvalue weighted by Gasteiger charge is -2.33. The van der Waals surface area contributed by atoms with Gasteiger partial charge >= 0.3 is 5.97 Å². The Bertz CT molecular complexity index is 679. The molecule has 0 amide bonds. The van der Waals surface area contributed by atoms with Crippen LogP contribution in [0.1, 0.15) is 19.8 Å². The number of nitrogens with two attached hydrogens (primary N) is 1. The monoisotopic (exact) mass is 343 g/mol. The van der Waals surface area contributed by atoms with E-state index in [1.54, 1.807) is 6.92 Å². The first kappa shape index (κ1) is 18.3. The van der Waals surface area contributed by atoms with Gasteiger partial charge in [0, 0.05) is 13.1 Å². The molecule has 2 rings (SSSR count). The van der Waals surface area contributed by atoms with Crippen LogP contribution in [0.2, 0.25) is 0 Å². The maximum absolute atomic E-state index is 12.0. The molecule has 0 spiro atoms. The highest BCUT2D eigenvalue weighted by Crippen LogP contribution is 2.31. The largest absolute Gasteiger partial charge is 0.466 e. The lowest BCUT2D eigenvalue weighted by molar-refractivity contribution is -0.148. The minimum atomic E-state index is -0.221. The SMILES string of the molecule is CCOC(=O)C1CCCN(c2ncnc(N(CC#N)CC#N)c2N)C1. The summed E-state index contributed by atoms with van der Waals surface area (Å²) in [5.41, 5.74) is 6.52. The van der Waals surface area contributed by atoms with Gasteiger partial charge < -0.3 is 20.3 Å². The second-order valence-electron chi connectivity index (χ2n) is 5.64. The summed E-state index contributed by atoms with van der Waals surface area (Å²) in [5, 5.41) is 17.9. The molecule has 0 radical (unpaired) electrons. The standard InChI is InChI=1S/C16H21N7O2/c1-2-25-16(24)12-4-3-7-23(10-12)15-13(19)14(20-11-21-15)22(8-5-17)9-6-18/h11-12H,2-4,7-10,19H2,1H3. The van der Waals surface area contributed by atoms with Crippen LogP contribution in [0, 0.1) is 28.6 Å². The minimum Gasteiger partial charge on any atom is -0.466 e. The van der Waals surface area contributed by atoms with E-state index in [1.807, 2.05) is 17.0 Å². The first-order valence-electron chi connectivity index (χ1n) is 8.13. The molecular formula is C16H21N7O2. The summed E-state index contributed by atoms with van der Waals surface area (Å²) in [5.74, 6) is 0.433. The number of rotatable bonds is 6. The number of hydrogen-bond acceptors (Lipinski definition) is 9. The Hall–Kier alpha value is -3.07. The molecule has 132 valence electrons. The molecule has 1 aliphatic heterocycles. The molecule has 1 aromatic rings. The smallest absolute Gasteiger partial charge is 0.310 e. The number of hydrogen-bond donors (Lipinski definition) is 1. The van der Waals surface area contributed by atoms with Crippen molar-refractivity contribution in [3.05, 3.63) is 6.33 Å². The van der Waals surface area contributed by atoms with E-state index < -0.39 is 0 Å². The summed E-state index contributed by atoms with van der Waals surface area (Å²) >= 11 is 0. The summed E-state index contributed by atoms with van der Waals surface area (Å²) in [7, 11) is 0. The molecule has 0 bridgehead atoms. The fourth-order valence-electron chi connectivity index (χ4n) is 2.88. The van der Waals surface area contributed by atoms with Crippen LogP contribution in [-0.4, -0.2) is 48.7 Å². The van der Waals surface area contributed by atoms with Gasteiger partial charge in [0.15, 0.2) is 11.6 Å². The van der Waals surface area contributed by atoms with Gasteiger partial charge in [0.1, 0.15) is 25.1 Å². The van der Waals surface area contributed by atoms with Crippen molar-refractivity contribution in [2.24, 2.45) is 5.92 Å². The maximum atomic E-state index is 12.0. The Balaban J connectivity index is 2.25. The van der Waals surface area contributed by atoms with Crippen LogP contribution in [0.25, 0.3) is 0 Å². The highest BCUT2D eigenvalue weighted by molar-refractivity contribution is 5.78. The highest BCUT2D eigenvalue weighted by atomic mass is 16.5. The van der Waals surface area contributed by atoms with Gasteiger partial charge in [0.25, 0.3) is 0 Å². The van der Waals surface area contributed by atoms with Gasteiger partial charge in [-0.15, -0.1) is 0 Å². The number of nitrogens with zero attached hydrogens (tertiary/aromatic N) is 6. The van der Waals surface area contributed by atoms with Crippen LogP contribution in [0.4, 0.5) is 17.3 Å². The van der Waals surface area contributed by atoms with Gasteiger partial charge in [-0.25, -0.2) is 9.97 Å². The summed E-state index contributed by atoms with van der Waals surface area (Å²) in [6.45, 7) is 3.32. The molecule has 9 nitrogen and oxygen atoms in total. The number of nitriles is 2. The quantitative estimate of drug-likeness (QED) is 0.585. The fraction of sp³-hybridized carbons (Fsp3) is 0.562. The molecule has 1 atom stereocenters. The van der Waals surface area contributed by atoms with Gasteiger partial charge in [-0.2, -0.15) is 10.5 Å². The van der Waals surface area contributed by atoms with Crippen molar-refractivity contribution in [2.75, 3.05) is 48.3 Å². The Morgan fingerprint density at radius 3 is 2.80 bits per heavy atom. The number of carbonyl (C=O) groups excluding carboxylic acids is 1. The van der Waals surface area contributed by atoms with Crippen LogP contribution >= 0.6 is 0 Å². The number of ether oxygens (including phenoxy) is 1. The maximum Gasteiger partial charge on any atom is 0.310 e. The normalized spacial score (nSPS) is 16.6.